The first-order valence-electron chi connectivity index (χ1n) is 5.65. The number of nitrogens with zero attached hydrogens (tertiary/aromatic N) is 1. The average Bonchev–Trinajstić information content (AvgIpc) is 2.58. The van der Waals surface area contributed by atoms with Crippen LogP contribution in [0.4, 0.5) is 0 Å². The number of hydrogen-bond donors (Lipinski definition) is 1. The van der Waals surface area contributed by atoms with Crippen molar-refractivity contribution in [3.8, 4) is 0 Å². The smallest absolute Gasteiger partial charge is 0.263 e. The van der Waals surface area contributed by atoms with E-state index >= 15 is 0 Å². The first-order valence-corrected chi connectivity index (χ1v) is 6.46. The molecule has 1 amide bonds. The molecule has 3 nitrogen and oxygen atoms in total. The number of thiophene rings is 1. The molecule has 0 saturated carbocycles. The van der Waals surface area contributed by atoms with Gasteiger partial charge in [-0.05, 0) is 25.0 Å². The average molecular weight is 239 g/mol. The molecule has 4 heteroatoms. The maximum absolute atomic E-state index is 12.0. The van der Waals surface area contributed by atoms with Crippen LogP contribution in [0, 0.1) is 12.8 Å². The molecular formula is C12H17NO2S. The summed E-state index contributed by atoms with van der Waals surface area (Å²) in [6.45, 7) is 5.76. The number of carbonyl (C=O) groups is 1. The van der Waals surface area contributed by atoms with E-state index in [0.29, 0.717) is 13.1 Å². The van der Waals surface area contributed by atoms with Gasteiger partial charge in [-0.2, -0.15) is 0 Å². The third-order valence-electron chi connectivity index (χ3n) is 3.11. The fourth-order valence-electron chi connectivity index (χ4n) is 1.98. The Labute approximate surface area is 99.7 Å². The third-order valence-corrected chi connectivity index (χ3v) is 4.20. The van der Waals surface area contributed by atoms with Crippen LogP contribution in [0.3, 0.4) is 0 Å². The van der Waals surface area contributed by atoms with Crippen molar-refractivity contribution in [3.05, 3.63) is 21.4 Å². The molecule has 1 fully saturated rings. The Kier molecular flexibility index (Phi) is 3.30. The van der Waals surface area contributed by atoms with Gasteiger partial charge in [-0.1, -0.05) is 6.92 Å². The third kappa shape index (κ3) is 1.99. The first kappa shape index (κ1) is 11.6. The van der Waals surface area contributed by atoms with Gasteiger partial charge in [0.2, 0.25) is 0 Å². The van der Waals surface area contributed by atoms with Crippen molar-refractivity contribution < 1.29 is 9.90 Å². The van der Waals surface area contributed by atoms with E-state index in [1.807, 2.05) is 11.0 Å². The van der Waals surface area contributed by atoms with Crippen LogP contribution >= 0.6 is 11.3 Å². The van der Waals surface area contributed by atoms with Crippen molar-refractivity contribution in [2.75, 3.05) is 19.7 Å². The maximum atomic E-state index is 12.0. The summed E-state index contributed by atoms with van der Waals surface area (Å²) in [5.74, 6) is 0.410. The van der Waals surface area contributed by atoms with Gasteiger partial charge in [0.25, 0.3) is 5.91 Å². The van der Waals surface area contributed by atoms with E-state index in [9.17, 15) is 4.79 Å². The van der Waals surface area contributed by atoms with E-state index in [1.54, 1.807) is 11.3 Å². The molecule has 0 bridgehead atoms. The first-order chi connectivity index (χ1) is 7.65. The lowest BCUT2D eigenvalue weighted by atomic mass is 10.0. The van der Waals surface area contributed by atoms with Gasteiger partial charge in [-0.15, -0.1) is 11.3 Å². The zero-order valence-electron chi connectivity index (χ0n) is 9.69. The van der Waals surface area contributed by atoms with Gasteiger partial charge in [-0.3, -0.25) is 4.79 Å². The molecule has 1 aliphatic rings. The van der Waals surface area contributed by atoms with Crippen LogP contribution in [0.5, 0.6) is 0 Å². The second-order valence-corrected chi connectivity index (χ2v) is 5.56. The Bertz CT molecular complexity index is 394. The number of aliphatic hydroxyl groups is 1. The molecule has 88 valence electrons. The molecule has 2 heterocycles. The highest BCUT2D eigenvalue weighted by Gasteiger charge is 2.31. The van der Waals surface area contributed by atoms with Crippen LogP contribution in [0.25, 0.3) is 0 Å². The molecule has 0 aliphatic carbocycles. The quantitative estimate of drug-likeness (QED) is 0.872. The highest BCUT2D eigenvalue weighted by atomic mass is 32.1. The molecular weight excluding hydrogens is 222 g/mol. The van der Waals surface area contributed by atoms with Crippen LogP contribution < -0.4 is 0 Å². The highest BCUT2D eigenvalue weighted by Crippen LogP contribution is 2.26. The van der Waals surface area contributed by atoms with Crippen LogP contribution in [-0.4, -0.2) is 35.6 Å². The van der Waals surface area contributed by atoms with E-state index in [-0.39, 0.29) is 18.4 Å². The normalized spacial score (nSPS) is 16.3. The topological polar surface area (TPSA) is 40.5 Å². The lowest BCUT2D eigenvalue weighted by Gasteiger charge is -2.37. The second kappa shape index (κ2) is 4.55. The summed E-state index contributed by atoms with van der Waals surface area (Å²) >= 11 is 1.58. The summed E-state index contributed by atoms with van der Waals surface area (Å²) in [4.78, 5) is 15.9. The lowest BCUT2D eigenvalue weighted by Crippen LogP contribution is -2.51. The molecule has 1 saturated heterocycles. The van der Waals surface area contributed by atoms with E-state index in [2.05, 4.69) is 13.8 Å². The minimum atomic E-state index is 0.123. The van der Waals surface area contributed by atoms with Crippen LogP contribution in [-0.2, 0) is 6.42 Å². The van der Waals surface area contributed by atoms with Gasteiger partial charge in [-0.25, -0.2) is 0 Å². The monoisotopic (exact) mass is 239 g/mol. The number of aliphatic hydroxyl groups excluding tert-OH is 1. The zero-order valence-corrected chi connectivity index (χ0v) is 10.5. The van der Waals surface area contributed by atoms with Crippen LogP contribution in [0.1, 0.15) is 27.0 Å². The van der Waals surface area contributed by atoms with E-state index in [1.165, 1.54) is 10.4 Å². The number of aryl methyl sites for hydroxylation is 2. The summed E-state index contributed by atoms with van der Waals surface area (Å²) in [7, 11) is 0. The van der Waals surface area contributed by atoms with Crippen molar-refractivity contribution in [2.45, 2.75) is 20.3 Å². The summed E-state index contributed by atoms with van der Waals surface area (Å²) < 4.78 is 0. The van der Waals surface area contributed by atoms with Gasteiger partial charge in [0.15, 0.2) is 0 Å². The fraction of sp³-hybridized carbons (Fsp3) is 0.583. The largest absolute Gasteiger partial charge is 0.396 e. The molecule has 0 atom stereocenters. The molecule has 0 unspecified atom stereocenters. The molecule has 1 aromatic heterocycles. The molecule has 0 spiro atoms. The Balaban J connectivity index is 2.04. The fourth-order valence-corrected chi connectivity index (χ4v) is 3.07. The maximum Gasteiger partial charge on any atom is 0.263 e. The van der Waals surface area contributed by atoms with Gasteiger partial charge in [0, 0.05) is 30.5 Å². The predicted octanol–water partition coefficient (Wildman–Crippen LogP) is 1.68. The van der Waals surface area contributed by atoms with Crippen molar-refractivity contribution in [3.63, 3.8) is 0 Å². The number of likely N-dealkylation sites (tertiary alicyclic amines) is 1. The highest BCUT2D eigenvalue weighted by molar-refractivity contribution is 7.14. The number of amides is 1. The molecule has 0 radical (unpaired) electrons. The standard InChI is InChI=1S/C12H17NO2S/c1-3-10-4-11(16-8(10)2)12(15)13-5-9(6-13)7-14/h4,9,14H,3,5-7H2,1-2H3. The Morgan fingerprint density at radius 2 is 2.31 bits per heavy atom. The van der Waals surface area contributed by atoms with Crippen molar-refractivity contribution in [2.24, 2.45) is 5.92 Å². The van der Waals surface area contributed by atoms with Crippen molar-refractivity contribution in [1.29, 1.82) is 0 Å². The molecule has 1 aromatic rings. The molecule has 0 aromatic carbocycles. The van der Waals surface area contributed by atoms with Gasteiger partial charge >= 0.3 is 0 Å². The summed E-state index contributed by atoms with van der Waals surface area (Å²) in [5.41, 5.74) is 1.27. The van der Waals surface area contributed by atoms with Crippen molar-refractivity contribution in [1.82, 2.24) is 4.90 Å². The van der Waals surface area contributed by atoms with Gasteiger partial charge in [0.1, 0.15) is 0 Å². The summed E-state index contributed by atoms with van der Waals surface area (Å²) in [6.07, 6.45) is 0.981. The number of rotatable bonds is 3. The zero-order chi connectivity index (χ0) is 11.7. The van der Waals surface area contributed by atoms with Gasteiger partial charge in [0.05, 0.1) is 4.88 Å². The Morgan fingerprint density at radius 3 is 2.81 bits per heavy atom. The molecule has 1 aliphatic heterocycles. The Hall–Kier alpha value is -0.870. The van der Waals surface area contributed by atoms with Crippen LogP contribution in [0.15, 0.2) is 6.07 Å². The molecule has 16 heavy (non-hydrogen) atoms. The van der Waals surface area contributed by atoms with Crippen molar-refractivity contribution >= 4 is 17.2 Å². The SMILES string of the molecule is CCc1cc(C(=O)N2CC(CO)C2)sc1C. The van der Waals surface area contributed by atoms with Crippen LogP contribution in [0.2, 0.25) is 0 Å². The Morgan fingerprint density at radius 1 is 1.62 bits per heavy atom. The predicted molar refractivity (Wildman–Crippen MR) is 64.9 cm³/mol. The van der Waals surface area contributed by atoms with Gasteiger partial charge < -0.3 is 10.0 Å². The van der Waals surface area contributed by atoms with E-state index in [0.717, 1.165) is 11.3 Å². The summed E-state index contributed by atoms with van der Waals surface area (Å²) in [5, 5.41) is 8.91. The minimum absolute atomic E-state index is 0.123. The minimum Gasteiger partial charge on any atom is -0.396 e. The second-order valence-electron chi connectivity index (χ2n) is 4.30. The lowest BCUT2D eigenvalue weighted by molar-refractivity contribution is 0.0366. The molecule has 1 N–H and O–H groups in total. The summed E-state index contributed by atoms with van der Waals surface area (Å²) in [6, 6.07) is 2.01. The number of carbonyl (C=O) groups excluding carboxylic acids is 1. The number of hydrogen-bond acceptors (Lipinski definition) is 3. The van der Waals surface area contributed by atoms with E-state index < -0.39 is 0 Å². The van der Waals surface area contributed by atoms with E-state index in [4.69, 9.17) is 5.11 Å². The molecule has 2 rings (SSSR count).